The van der Waals surface area contributed by atoms with Gasteiger partial charge < -0.3 is 9.84 Å². The van der Waals surface area contributed by atoms with E-state index in [9.17, 15) is 9.18 Å². The molecule has 0 radical (unpaired) electrons. The Bertz CT molecular complexity index is 1350. The zero-order valence-corrected chi connectivity index (χ0v) is 20.1. The predicted molar refractivity (Wildman–Crippen MR) is 132 cm³/mol. The highest BCUT2D eigenvalue weighted by Gasteiger charge is 2.36. The molecule has 9 heteroatoms. The van der Waals surface area contributed by atoms with E-state index in [1.807, 2.05) is 55.0 Å². The molecule has 1 atom stereocenters. The van der Waals surface area contributed by atoms with Crippen LogP contribution in [0.4, 0.5) is 9.18 Å². The molecule has 0 spiro atoms. The van der Waals surface area contributed by atoms with Gasteiger partial charge >= 0.3 is 6.03 Å². The van der Waals surface area contributed by atoms with Crippen molar-refractivity contribution in [2.45, 2.75) is 24.4 Å². The Morgan fingerprint density at radius 1 is 1.18 bits per heavy atom. The molecule has 0 saturated carbocycles. The first-order valence-corrected chi connectivity index (χ1v) is 12.7. The Balaban J connectivity index is 1.58. The first-order chi connectivity index (χ1) is 16.5. The van der Waals surface area contributed by atoms with E-state index in [-0.39, 0.29) is 17.7 Å². The Hall–Kier alpha value is -3.43. The van der Waals surface area contributed by atoms with E-state index >= 15 is 0 Å². The van der Waals surface area contributed by atoms with Gasteiger partial charge in [0.2, 0.25) is 5.82 Å². The van der Waals surface area contributed by atoms with E-state index in [0.717, 1.165) is 15.3 Å². The number of benzene rings is 2. The fourth-order valence-corrected chi connectivity index (χ4v) is 4.99. The van der Waals surface area contributed by atoms with Crippen molar-refractivity contribution in [3.8, 4) is 10.7 Å². The molecule has 0 saturated heterocycles. The molecule has 172 valence electrons. The fraction of sp³-hybridized carbons (Fsp3) is 0.160. The molecule has 2 amide bonds. The van der Waals surface area contributed by atoms with Gasteiger partial charge in [0.25, 0.3) is 5.89 Å². The summed E-state index contributed by atoms with van der Waals surface area (Å²) in [6.07, 6.45) is 2.02. The zero-order valence-electron chi connectivity index (χ0n) is 18.5. The van der Waals surface area contributed by atoms with Crippen LogP contribution < -0.4 is 5.32 Å². The van der Waals surface area contributed by atoms with Crippen molar-refractivity contribution in [2.75, 3.05) is 6.26 Å². The van der Waals surface area contributed by atoms with Crippen LogP contribution in [0.1, 0.15) is 30.0 Å². The Morgan fingerprint density at radius 3 is 2.71 bits per heavy atom. The second kappa shape index (κ2) is 9.44. The van der Waals surface area contributed by atoms with Crippen molar-refractivity contribution in [1.82, 2.24) is 20.4 Å². The smallest absolute Gasteiger partial charge is 0.322 e. The number of aromatic nitrogens is 2. The number of amides is 2. The van der Waals surface area contributed by atoms with Crippen LogP contribution in [-0.2, 0) is 6.54 Å². The van der Waals surface area contributed by atoms with Crippen molar-refractivity contribution in [2.24, 2.45) is 0 Å². The van der Waals surface area contributed by atoms with Crippen molar-refractivity contribution in [3.63, 3.8) is 0 Å². The summed E-state index contributed by atoms with van der Waals surface area (Å²) in [6.45, 7) is 2.23. The van der Waals surface area contributed by atoms with Crippen LogP contribution in [0.2, 0.25) is 0 Å². The van der Waals surface area contributed by atoms with Crippen LogP contribution in [0.5, 0.6) is 0 Å². The van der Waals surface area contributed by atoms with Crippen LogP contribution in [0.25, 0.3) is 16.3 Å². The fourth-order valence-electron chi connectivity index (χ4n) is 3.94. The lowest BCUT2D eigenvalue weighted by Crippen LogP contribution is -2.45. The molecule has 1 N–H and O–H groups in total. The van der Waals surface area contributed by atoms with Crippen molar-refractivity contribution in [1.29, 1.82) is 0 Å². The van der Waals surface area contributed by atoms with Crippen LogP contribution in [0.3, 0.4) is 0 Å². The van der Waals surface area contributed by atoms with Gasteiger partial charge in [-0.2, -0.15) is 4.98 Å². The maximum atomic E-state index is 14.1. The number of nitrogens with one attached hydrogen (secondary N) is 1. The number of urea groups is 1. The number of nitrogens with zero attached hydrogens (tertiary/aromatic N) is 3. The number of rotatable bonds is 6. The summed E-state index contributed by atoms with van der Waals surface area (Å²) in [7, 11) is 0. The Morgan fingerprint density at radius 2 is 2.00 bits per heavy atom. The largest absolute Gasteiger partial charge is 0.334 e. The van der Waals surface area contributed by atoms with Crippen molar-refractivity contribution >= 4 is 34.7 Å². The van der Waals surface area contributed by atoms with E-state index < -0.39 is 6.04 Å². The summed E-state index contributed by atoms with van der Waals surface area (Å²) in [4.78, 5) is 21.5. The highest BCUT2D eigenvalue weighted by molar-refractivity contribution is 7.98. The number of allylic oxidation sites excluding steroid dienone is 1. The van der Waals surface area contributed by atoms with Gasteiger partial charge in [-0.3, -0.25) is 4.90 Å². The normalized spacial score (nSPS) is 16.1. The average Bonchev–Trinajstić information content (AvgIpc) is 3.54. The number of thiophene rings is 1. The molecule has 0 bridgehead atoms. The maximum absolute atomic E-state index is 14.1. The number of carbonyl (C=O) groups is 1. The quantitative estimate of drug-likeness (QED) is 0.317. The molecule has 6 nitrogen and oxygen atoms in total. The highest BCUT2D eigenvalue weighted by atomic mass is 32.2. The first-order valence-electron chi connectivity index (χ1n) is 10.6. The van der Waals surface area contributed by atoms with Crippen LogP contribution in [0.15, 0.2) is 81.2 Å². The number of thioether (sulfide) groups is 1. The van der Waals surface area contributed by atoms with Gasteiger partial charge in [-0.15, -0.1) is 23.1 Å². The molecule has 1 aliphatic rings. The zero-order chi connectivity index (χ0) is 23.7. The lowest BCUT2D eigenvalue weighted by Gasteiger charge is -2.35. The van der Waals surface area contributed by atoms with E-state index in [2.05, 4.69) is 15.5 Å². The van der Waals surface area contributed by atoms with Gasteiger partial charge in [-0.05, 0) is 60.0 Å². The van der Waals surface area contributed by atoms with Crippen LogP contribution in [-0.4, -0.2) is 27.3 Å². The maximum Gasteiger partial charge on any atom is 0.322 e. The highest BCUT2D eigenvalue weighted by Crippen LogP contribution is 2.38. The van der Waals surface area contributed by atoms with Gasteiger partial charge in [-0.25, -0.2) is 9.18 Å². The number of carbonyl (C=O) groups excluding carboxylic acids is 1. The third-order valence-corrected chi connectivity index (χ3v) is 7.29. The molecule has 4 aromatic rings. The summed E-state index contributed by atoms with van der Waals surface area (Å²) in [5.41, 5.74) is 2.90. The molecule has 3 heterocycles. The summed E-state index contributed by atoms with van der Waals surface area (Å²) >= 11 is 3.17. The monoisotopic (exact) mass is 492 g/mol. The van der Waals surface area contributed by atoms with Crippen LogP contribution >= 0.6 is 23.1 Å². The van der Waals surface area contributed by atoms with Gasteiger partial charge in [0.05, 0.1) is 23.0 Å². The standard InChI is InChI=1S/C25H21FN4O2S2/c1-15-21(24-28-23(29-32-24)20-7-4-12-34-20)22(17-5-3-6-18(26)13-17)27-25(31)30(15)14-16-8-10-19(33-2)11-9-16/h3-13,22H,14H2,1-2H3,(H,27,31). The number of hydrogen-bond acceptors (Lipinski definition) is 6. The van der Waals surface area contributed by atoms with Gasteiger partial charge in [0.15, 0.2) is 0 Å². The molecule has 0 fully saturated rings. The summed E-state index contributed by atoms with van der Waals surface area (Å²) in [5, 5.41) is 9.09. The Kier molecular flexibility index (Phi) is 6.21. The van der Waals surface area contributed by atoms with E-state index in [1.165, 1.54) is 23.5 Å². The minimum absolute atomic E-state index is 0.276. The summed E-state index contributed by atoms with van der Waals surface area (Å²) < 4.78 is 19.7. The van der Waals surface area contributed by atoms with Crippen molar-refractivity contribution < 1.29 is 13.7 Å². The molecule has 34 heavy (non-hydrogen) atoms. The summed E-state index contributed by atoms with van der Waals surface area (Å²) in [6, 6.07) is 17.2. The second-order valence-electron chi connectivity index (χ2n) is 7.77. The molecular weight excluding hydrogens is 471 g/mol. The van der Waals surface area contributed by atoms with Gasteiger partial charge in [-0.1, -0.05) is 35.5 Å². The number of hydrogen-bond donors (Lipinski definition) is 1. The molecule has 1 aliphatic heterocycles. The molecule has 2 aromatic carbocycles. The lowest BCUT2D eigenvalue weighted by atomic mass is 9.94. The minimum Gasteiger partial charge on any atom is -0.334 e. The summed E-state index contributed by atoms with van der Waals surface area (Å²) in [5.74, 6) is 0.377. The van der Waals surface area contributed by atoms with Crippen molar-refractivity contribution in [3.05, 3.63) is 94.6 Å². The van der Waals surface area contributed by atoms with Gasteiger partial charge in [0, 0.05) is 10.6 Å². The third kappa shape index (κ3) is 4.36. The van der Waals surface area contributed by atoms with Gasteiger partial charge in [0.1, 0.15) is 5.82 Å². The minimum atomic E-state index is -0.630. The molecule has 2 aromatic heterocycles. The molecule has 5 rings (SSSR count). The average molecular weight is 493 g/mol. The SMILES string of the molecule is CSc1ccc(CN2C(=O)NC(c3cccc(F)c3)C(c3nc(-c4cccs4)no3)=C2C)cc1. The third-order valence-electron chi connectivity index (χ3n) is 5.68. The predicted octanol–water partition coefficient (Wildman–Crippen LogP) is 6.36. The second-order valence-corrected chi connectivity index (χ2v) is 9.60. The number of halogens is 1. The lowest BCUT2D eigenvalue weighted by molar-refractivity contribution is 0.203. The molecule has 1 unspecified atom stereocenters. The molecule has 0 aliphatic carbocycles. The Labute approximate surface area is 204 Å². The topological polar surface area (TPSA) is 71.3 Å². The van der Waals surface area contributed by atoms with E-state index in [1.54, 1.807) is 28.8 Å². The molecular formula is C25H21FN4O2S2. The van der Waals surface area contributed by atoms with E-state index in [0.29, 0.717) is 29.2 Å². The first kappa shape index (κ1) is 22.4. The van der Waals surface area contributed by atoms with Crippen LogP contribution in [0, 0.1) is 5.82 Å². The van der Waals surface area contributed by atoms with E-state index in [4.69, 9.17) is 4.52 Å².